The molecule has 0 bridgehead atoms. The molecule has 1 aromatic heterocycles. The molecule has 0 aliphatic carbocycles. The van der Waals surface area contributed by atoms with Crippen molar-refractivity contribution < 1.29 is 14.4 Å². The van der Waals surface area contributed by atoms with Crippen LogP contribution < -0.4 is 5.43 Å². The van der Waals surface area contributed by atoms with Crippen LogP contribution >= 0.6 is 11.3 Å². The zero-order valence-electron chi connectivity index (χ0n) is 13.4. The minimum Gasteiger partial charge on any atom is -0.339 e. The van der Waals surface area contributed by atoms with Crippen LogP contribution in [0.5, 0.6) is 0 Å². The van der Waals surface area contributed by atoms with Crippen LogP contribution in [0.2, 0.25) is 0 Å². The van der Waals surface area contributed by atoms with Crippen LogP contribution in [0.1, 0.15) is 24.1 Å². The number of thiophene rings is 1. The highest BCUT2D eigenvalue weighted by Crippen LogP contribution is 2.13. The van der Waals surface area contributed by atoms with Crippen molar-refractivity contribution in [1.29, 1.82) is 0 Å². The first-order valence-electron chi connectivity index (χ1n) is 8.08. The van der Waals surface area contributed by atoms with Gasteiger partial charge in [0.05, 0.1) is 0 Å². The molecule has 2 aliphatic heterocycles. The van der Waals surface area contributed by atoms with Gasteiger partial charge in [-0.25, -0.2) is 5.43 Å². The number of hydrazone groups is 1. The van der Waals surface area contributed by atoms with Gasteiger partial charge in [0.1, 0.15) is 5.71 Å². The maximum atomic E-state index is 12.4. The quantitative estimate of drug-likeness (QED) is 0.866. The van der Waals surface area contributed by atoms with Gasteiger partial charge in [-0.05, 0) is 17.9 Å². The van der Waals surface area contributed by atoms with Gasteiger partial charge < -0.3 is 9.80 Å². The summed E-state index contributed by atoms with van der Waals surface area (Å²) in [6.45, 7) is 2.12. The van der Waals surface area contributed by atoms with Crippen molar-refractivity contribution in [2.75, 3.05) is 26.2 Å². The normalized spacial score (nSPS) is 18.2. The van der Waals surface area contributed by atoms with E-state index >= 15 is 0 Å². The molecule has 1 saturated heterocycles. The molecule has 3 rings (SSSR count). The second kappa shape index (κ2) is 7.57. The molecule has 0 unspecified atom stereocenters. The van der Waals surface area contributed by atoms with E-state index in [4.69, 9.17) is 0 Å². The van der Waals surface area contributed by atoms with Crippen LogP contribution in [0.15, 0.2) is 22.6 Å². The highest BCUT2D eigenvalue weighted by Gasteiger charge is 2.28. The van der Waals surface area contributed by atoms with Crippen molar-refractivity contribution in [2.45, 2.75) is 25.7 Å². The van der Waals surface area contributed by atoms with Gasteiger partial charge >= 0.3 is 0 Å². The molecule has 128 valence electrons. The van der Waals surface area contributed by atoms with Crippen molar-refractivity contribution >= 4 is 34.8 Å². The summed E-state index contributed by atoms with van der Waals surface area (Å²) in [4.78, 5) is 40.5. The number of amides is 3. The highest BCUT2D eigenvalue weighted by molar-refractivity contribution is 7.09. The minimum atomic E-state index is -0.160. The minimum absolute atomic E-state index is 0.137. The molecule has 0 saturated carbocycles. The summed E-state index contributed by atoms with van der Waals surface area (Å²) in [5, 5.41) is 5.86. The molecule has 24 heavy (non-hydrogen) atoms. The Morgan fingerprint density at radius 1 is 1.17 bits per heavy atom. The molecule has 7 nitrogen and oxygen atoms in total. The molecule has 8 heteroatoms. The number of hydrogen-bond acceptors (Lipinski definition) is 5. The number of hydrogen-bond donors (Lipinski definition) is 1. The standard InChI is InChI=1S/C16H20N4O3S/c21-14-5-4-13(17-18-14)16(23)20-9-7-19(8-10-20)15(22)6-3-12-2-1-11-24-12/h1-2,11H,3-10H2,(H,18,21). The number of rotatable bonds is 4. The van der Waals surface area contributed by atoms with E-state index in [2.05, 4.69) is 10.5 Å². The van der Waals surface area contributed by atoms with Crippen molar-refractivity contribution in [3.05, 3.63) is 22.4 Å². The predicted molar refractivity (Wildman–Crippen MR) is 90.6 cm³/mol. The van der Waals surface area contributed by atoms with Crippen LogP contribution in [0, 0.1) is 0 Å². The Hall–Kier alpha value is -2.22. The molecule has 1 aromatic rings. The molecule has 3 heterocycles. The zero-order valence-corrected chi connectivity index (χ0v) is 14.2. The summed E-state index contributed by atoms with van der Waals surface area (Å²) < 4.78 is 0. The maximum absolute atomic E-state index is 12.4. The number of nitrogens with one attached hydrogen (secondary N) is 1. The number of nitrogens with zero attached hydrogens (tertiary/aromatic N) is 3. The van der Waals surface area contributed by atoms with Crippen molar-refractivity contribution in [1.82, 2.24) is 15.2 Å². The zero-order chi connectivity index (χ0) is 16.9. The summed E-state index contributed by atoms with van der Waals surface area (Å²) in [5.74, 6) is -0.161. The van der Waals surface area contributed by atoms with Gasteiger partial charge in [0, 0.05) is 50.3 Å². The third-order valence-electron chi connectivity index (χ3n) is 4.24. The Morgan fingerprint density at radius 2 is 1.92 bits per heavy atom. The topological polar surface area (TPSA) is 82.1 Å². The van der Waals surface area contributed by atoms with E-state index in [1.165, 1.54) is 4.88 Å². The highest BCUT2D eigenvalue weighted by atomic mass is 32.1. The van der Waals surface area contributed by atoms with Gasteiger partial charge in [-0.1, -0.05) is 6.07 Å². The summed E-state index contributed by atoms with van der Waals surface area (Å²) in [6, 6.07) is 4.03. The summed E-state index contributed by atoms with van der Waals surface area (Å²) in [7, 11) is 0. The van der Waals surface area contributed by atoms with Crippen molar-refractivity contribution in [2.24, 2.45) is 5.10 Å². The van der Waals surface area contributed by atoms with E-state index in [0.717, 1.165) is 6.42 Å². The third-order valence-corrected chi connectivity index (χ3v) is 5.17. The fourth-order valence-corrected chi connectivity index (χ4v) is 3.52. The van der Waals surface area contributed by atoms with Crippen LogP contribution in [0.25, 0.3) is 0 Å². The second-order valence-corrected chi connectivity index (χ2v) is 6.88. The molecule has 0 radical (unpaired) electrons. The van der Waals surface area contributed by atoms with E-state index in [1.807, 2.05) is 22.4 Å². The van der Waals surface area contributed by atoms with Gasteiger partial charge in [0.2, 0.25) is 11.8 Å². The van der Waals surface area contributed by atoms with Crippen LogP contribution in [0.3, 0.4) is 0 Å². The van der Waals surface area contributed by atoms with Crippen molar-refractivity contribution in [3.8, 4) is 0 Å². The molecule has 2 aliphatic rings. The summed E-state index contributed by atoms with van der Waals surface area (Å²) in [6.07, 6.45) is 1.95. The van der Waals surface area contributed by atoms with Gasteiger partial charge in [0.25, 0.3) is 5.91 Å². The third kappa shape index (κ3) is 4.00. The molecule has 0 spiro atoms. The molecule has 1 fully saturated rings. The first kappa shape index (κ1) is 16.6. The fraction of sp³-hybridized carbons (Fsp3) is 0.500. The lowest BCUT2D eigenvalue weighted by molar-refractivity contribution is -0.136. The van der Waals surface area contributed by atoms with Gasteiger partial charge in [-0.2, -0.15) is 5.10 Å². The molecule has 0 aromatic carbocycles. The van der Waals surface area contributed by atoms with E-state index in [1.54, 1.807) is 16.2 Å². The Labute approximate surface area is 144 Å². The first-order chi connectivity index (χ1) is 11.6. The van der Waals surface area contributed by atoms with Gasteiger partial charge in [-0.3, -0.25) is 14.4 Å². The number of carbonyl (C=O) groups is 3. The van der Waals surface area contributed by atoms with E-state index in [0.29, 0.717) is 51.2 Å². The largest absolute Gasteiger partial charge is 0.339 e. The molecule has 1 N–H and O–H groups in total. The molecular formula is C16H20N4O3S. The van der Waals surface area contributed by atoms with Crippen LogP contribution in [0.4, 0.5) is 0 Å². The average molecular weight is 348 g/mol. The second-order valence-electron chi connectivity index (χ2n) is 5.85. The predicted octanol–water partition coefficient (Wildman–Crippen LogP) is 0.617. The number of carbonyl (C=O) groups excluding carboxylic acids is 3. The lowest BCUT2D eigenvalue weighted by atomic mass is 10.1. The average Bonchev–Trinajstić information content (AvgIpc) is 3.13. The molecule has 0 atom stereocenters. The monoisotopic (exact) mass is 348 g/mol. The molecular weight excluding hydrogens is 328 g/mol. The maximum Gasteiger partial charge on any atom is 0.270 e. The summed E-state index contributed by atoms with van der Waals surface area (Å²) in [5.41, 5.74) is 2.74. The van der Waals surface area contributed by atoms with Crippen molar-refractivity contribution in [3.63, 3.8) is 0 Å². The van der Waals surface area contributed by atoms with E-state index in [9.17, 15) is 14.4 Å². The Balaban J connectivity index is 1.46. The summed E-state index contributed by atoms with van der Waals surface area (Å²) >= 11 is 1.67. The van der Waals surface area contributed by atoms with Crippen LogP contribution in [-0.4, -0.2) is 59.4 Å². The number of aryl methyl sites for hydroxylation is 1. The van der Waals surface area contributed by atoms with E-state index < -0.39 is 0 Å². The van der Waals surface area contributed by atoms with E-state index in [-0.39, 0.29) is 17.7 Å². The fourth-order valence-electron chi connectivity index (χ4n) is 2.81. The van der Waals surface area contributed by atoms with Gasteiger partial charge in [-0.15, -0.1) is 11.3 Å². The Morgan fingerprint density at radius 3 is 2.54 bits per heavy atom. The van der Waals surface area contributed by atoms with Gasteiger partial charge in [0.15, 0.2) is 0 Å². The lowest BCUT2D eigenvalue weighted by Crippen LogP contribution is -2.52. The Bertz CT molecular complexity index is 648. The van der Waals surface area contributed by atoms with Crippen LogP contribution in [-0.2, 0) is 20.8 Å². The molecule has 3 amide bonds. The first-order valence-corrected chi connectivity index (χ1v) is 8.96. The Kier molecular flexibility index (Phi) is 5.24. The lowest BCUT2D eigenvalue weighted by Gasteiger charge is -2.35. The smallest absolute Gasteiger partial charge is 0.270 e. The SMILES string of the molecule is O=C1CCC(C(=O)N2CCN(C(=O)CCc3cccs3)CC2)=NN1. The number of piperazine rings is 1.